The summed E-state index contributed by atoms with van der Waals surface area (Å²) >= 11 is 0. The highest BCUT2D eigenvalue weighted by atomic mass is 16.5. The Bertz CT molecular complexity index is 1070. The maximum Gasteiger partial charge on any atom is 0.357 e. The lowest BCUT2D eigenvalue weighted by atomic mass is 10.00. The summed E-state index contributed by atoms with van der Waals surface area (Å²) in [6.45, 7) is 1.92. The molecular formula is C20H16N2O2. The summed E-state index contributed by atoms with van der Waals surface area (Å²) in [6.07, 6.45) is 0. The first-order chi connectivity index (χ1) is 11.7. The molecule has 4 aromatic rings. The van der Waals surface area contributed by atoms with Gasteiger partial charge in [-0.2, -0.15) is 0 Å². The van der Waals surface area contributed by atoms with E-state index in [1.54, 1.807) is 0 Å². The topological polar surface area (TPSA) is 55.0 Å². The number of methoxy groups -OCH3 is 1. The minimum Gasteiger partial charge on any atom is -0.464 e. The molecule has 0 spiro atoms. The third-order valence-corrected chi connectivity index (χ3v) is 4.28. The van der Waals surface area contributed by atoms with E-state index in [0.717, 1.165) is 38.6 Å². The predicted molar refractivity (Wildman–Crippen MR) is 95.1 cm³/mol. The molecule has 0 fully saturated rings. The summed E-state index contributed by atoms with van der Waals surface area (Å²) in [5.41, 5.74) is 5.10. The van der Waals surface area contributed by atoms with E-state index in [9.17, 15) is 4.79 Å². The van der Waals surface area contributed by atoms with Gasteiger partial charge in [0, 0.05) is 27.5 Å². The lowest BCUT2D eigenvalue weighted by Gasteiger charge is -2.10. The zero-order valence-corrected chi connectivity index (χ0v) is 13.5. The predicted octanol–water partition coefficient (Wildman–Crippen LogP) is 4.48. The van der Waals surface area contributed by atoms with Crippen LogP contribution in [0.15, 0.2) is 54.6 Å². The van der Waals surface area contributed by atoms with Crippen LogP contribution in [0.2, 0.25) is 0 Å². The molecule has 1 N–H and O–H groups in total. The van der Waals surface area contributed by atoms with Crippen molar-refractivity contribution in [2.75, 3.05) is 7.11 Å². The van der Waals surface area contributed by atoms with Crippen LogP contribution in [0.1, 0.15) is 16.2 Å². The quantitative estimate of drug-likeness (QED) is 0.555. The molecule has 0 radical (unpaired) electrons. The number of carbonyl (C=O) groups is 1. The van der Waals surface area contributed by atoms with Gasteiger partial charge in [0.25, 0.3) is 0 Å². The Morgan fingerprint density at radius 3 is 2.50 bits per heavy atom. The molecule has 0 saturated carbocycles. The second-order valence-corrected chi connectivity index (χ2v) is 5.70. The van der Waals surface area contributed by atoms with Crippen LogP contribution in [0.25, 0.3) is 32.9 Å². The number of fused-ring (bicyclic) bond motifs is 3. The van der Waals surface area contributed by atoms with Crippen molar-refractivity contribution < 1.29 is 9.53 Å². The van der Waals surface area contributed by atoms with E-state index in [0.29, 0.717) is 5.69 Å². The van der Waals surface area contributed by atoms with Gasteiger partial charge < -0.3 is 9.72 Å². The summed E-state index contributed by atoms with van der Waals surface area (Å²) in [4.78, 5) is 20.3. The SMILES string of the molecule is COC(=O)c1nc(C)c(-c2ccccc2)c2[nH]c3ccccc3c12. The molecule has 0 saturated heterocycles. The number of hydrogen-bond donors (Lipinski definition) is 1. The highest BCUT2D eigenvalue weighted by molar-refractivity contribution is 6.19. The first-order valence-electron chi connectivity index (χ1n) is 7.75. The second-order valence-electron chi connectivity index (χ2n) is 5.70. The summed E-state index contributed by atoms with van der Waals surface area (Å²) < 4.78 is 4.95. The highest BCUT2D eigenvalue weighted by Gasteiger charge is 2.21. The average molecular weight is 316 g/mol. The summed E-state index contributed by atoms with van der Waals surface area (Å²) in [7, 11) is 1.38. The fourth-order valence-corrected chi connectivity index (χ4v) is 3.24. The number of para-hydroxylation sites is 1. The van der Waals surface area contributed by atoms with Gasteiger partial charge in [0.05, 0.1) is 12.6 Å². The van der Waals surface area contributed by atoms with E-state index >= 15 is 0 Å². The number of nitrogens with zero attached hydrogens (tertiary/aromatic N) is 1. The number of pyridine rings is 1. The van der Waals surface area contributed by atoms with Crippen molar-refractivity contribution in [1.82, 2.24) is 9.97 Å². The van der Waals surface area contributed by atoms with Crippen LogP contribution < -0.4 is 0 Å². The zero-order valence-electron chi connectivity index (χ0n) is 13.5. The van der Waals surface area contributed by atoms with Crippen molar-refractivity contribution >= 4 is 27.8 Å². The van der Waals surface area contributed by atoms with Crippen molar-refractivity contribution in [2.45, 2.75) is 6.92 Å². The molecule has 2 heterocycles. The van der Waals surface area contributed by atoms with Crippen LogP contribution >= 0.6 is 0 Å². The Kier molecular flexibility index (Phi) is 3.31. The molecule has 2 aromatic heterocycles. The number of ether oxygens (including phenoxy) is 1. The smallest absolute Gasteiger partial charge is 0.357 e. The average Bonchev–Trinajstić information content (AvgIpc) is 3.00. The van der Waals surface area contributed by atoms with E-state index in [4.69, 9.17) is 4.74 Å². The fourth-order valence-electron chi connectivity index (χ4n) is 3.24. The normalized spacial score (nSPS) is 11.1. The van der Waals surface area contributed by atoms with Crippen LogP contribution in [0.5, 0.6) is 0 Å². The number of aromatic amines is 1. The molecule has 0 aliphatic carbocycles. The Hall–Kier alpha value is -3.14. The van der Waals surface area contributed by atoms with Crippen LogP contribution in [0.4, 0.5) is 0 Å². The molecule has 0 amide bonds. The fraction of sp³-hybridized carbons (Fsp3) is 0.100. The molecule has 4 rings (SSSR count). The van der Waals surface area contributed by atoms with Gasteiger partial charge in [0.2, 0.25) is 0 Å². The molecule has 0 bridgehead atoms. The second kappa shape index (κ2) is 5.49. The van der Waals surface area contributed by atoms with E-state index in [1.807, 2.05) is 61.5 Å². The summed E-state index contributed by atoms with van der Waals surface area (Å²) in [5.74, 6) is -0.424. The standard InChI is InChI=1S/C20H16N2O2/c1-12-16(13-8-4-3-5-9-13)18-17(19(21-12)20(23)24-2)14-10-6-7-11-15(14)22-18/h3-11,22H,1-2H3. The number of aromatic nitrogens is 2. The monoisotopic (exact) mass is 316 g/mol. The molecule has 0 aliphatic rings. The van der Waals surface area contributed by atoms with Gasteiger partial charge >= 0.3 is 5.97 Å². The lowest BCUT2D eigenvalue weighted by molar-refractivity contribution is 0.0596. The zero-order chi connectivity index (χ0) is 16.7. The Balaban J connectivity index is 2.20. The number of benzene rings is 2. The van der Waals surface area contributed by atoms with Gasteiger partial charge in [-0.25, -0.2) is 9.78 Å². The highest BCUT2D eigenvalue weighted by Crippen LogP contribution is 2.36. The van der Waals surface area contributed by atoms with Gasteiger partial charge in [0.15, 0.2) is 5.69 Å². The number of nitrogens with one attached hydrogen (secondary N) is 1. The molecule has 2 aromatic carbocycles. The van der Waals surface area contributed by atoms with Crippen LogP contribution in [0, 0.1) is 6.92 Å². The van der Waals surface area contributed by atoms with Gasteiger partial charge in [0.1, 0.15) is 0 Å². The Labute approximate surface area is 139 Å². The van der Waals surface area contributed by atoms with Crippen molar-refractivity contribution in [3.8, 4) is 11.1 Å². The molecule has 4 heteroatoms. The minimum absolute atomic E-state index is 0.349. The third-order valence-electron chi connectivity index (χ3n) is 4.28. The number of aryl methyl sites for hydroxylation is 1. The number of esters is 1. The van der Waals surface area contributed by atoms with Gasteiger partial charge in [-0.15, -0.1) is 0 Å². The van der Waals surface area contributed by atoms with Crippen molar-refractivity contribution in [3.63, 3.8) is 0 Å². The molecule has 0 atom stereocenters. The van der Waals surface area contributed by atoms with Gasteiger partial charge in [-0.1, -0.05) is 48.5 Å². The van der Waals surface area contributed by atoms with E-state index in [-0.39, 0.29) is 0 Å². The maximum absolute atomic E-state index is 12.3. The number of hydrogen-bond acceptors (Lipinski definition) is 3. The Morgan fingerprint density at radius 1 is 1.04 bits per heavy atom. The van der Waals surface area contributed by atoms with E-state index in [1.165, 1.54) is 7.11 Å². The number of rotatable bonds is 2. The van der Waals surface area contributed by atoms with E-state index < -0.39 is 5.97 Å². The first-order valence-corrected chi connectivity index (χ1v) is 7.75. The third kappa shape index (κ3) is 2.07. The largest absolute Gasteiger partial charge is 0.464 e. The molecular weight excluding hydrogens is 300 g/mol. The van der Waals surface area contributed by atoms with Crippen LogP contribution in [0.3, 0.4) is 0 Å². The van der Waals surface area contributed by atoms with Gasteiger partial charge in [-0.05, 0) is 18.6 Å². The summed E-state index contributed by atoms with van der Waals surface area (Å²) in [6, 6.07) is 18.0. The van der Waals surface area contributed by atoms with Gasteiger partial charge in [-0.3, -0.25) is 0 Å². The van der Waals surface area contributed by atoms with Crippen LogP contribution in [-0.2, 0) is 4.74 Å². The van der Waals surface area contributed by atoms with E-state index in [2.05, 4.69) is 9.97 Å². The minimum atomic E-state index is -0.424. The first kappa shape index (κ1) is 14.5. The molecule has 0 aliphatic heterocycles. The van der Waals surface area contributed by atoms with Crippen molar-refractivity contribution in [2.24, 2.45) is 0 Å². The summed E-state index contributed by atoms with van der Waals surface area (Å²) in [5, 5.41) is 1.78. The number of carbonyl (C=O) groups excluding carboxylic acids is 1. The van der Waals surface area contributed by atoms with Crippen molar-refractivity contribution in [3.05, 3.63) is 66.0 Å². The molecule has 0 unspecified atom stereocenters. The number of H-pyrrole nitrogens is 1. The molecule has 118 valence electrons. The molecule has 4 nitrogen and oxygen atoms in total. The Morgan fingerprint density at radius 2 is 1.75 bits per heavy atom. The lowest BCUT2D eigenvalue weighted by Crippen LogP contribution is -2.07. The maximum atomic E-state index is 12.3. The van der Waals surface area contributed by atoms with Crippen LogP contribution in [-0.4, -0.2) is 23.0 Å². The molecule has 24 heavy (non-hydrogen) atoms. The van der Waals surface area contributed by atoms with Crippen molar-refractivity contribution in [1.29, 1.82) is 0 Å².